The topological polar surface area (TPSA) is 96.1 Å². The highest BCUT2D eigenvalue weighted by Gasteiger charge is 2.28. The van der Waals surface area contributed by atoms with E-state index < -0.39 is 18.8 Å². The van der Waals surface area contributed by atoms with Crippen LogP contribution in [0, 0.1) is 6.92 Å². The normalized spacial score (nSPS) is 19.3. The highest BCUT2D eigenvalue weighted by Crippen LogP contribution is 2.35. The Morgan fingerprint density at radius 2 is 1.88 bits per heavy atom. The fourth-order valence-corrected chi connectivity index (χ4v) is 4.13. The van der Waals surface area contributed by atoms with Gasteiger partial charge in [0.25, 0.3) is 5.89 Å². The van der Waals surface area contributed by atoms with Crippen molar-refractivity contribution in [3.05, 3.63) is 29.3 Å². The van der Waals surface area contributed by atoms with Gasteiger partial charge in [0.1, 0.15) is 12.2 Å². The Hall–Kier alpha value is -2.88. The molecular formula is C23H28F3N5O2. The number of aliphatic hydroxyl groups excluding tert-OH is 1. The van der Waals surface area contributed by atoms with Crippen molar-refractivity contribution >= 4 is 22.6 Å². The van der Waals surface area contributed by atoms with Crippen LogP contribution in [0.25, 0.3) is 22.5 Å². The zero-order valence-corrected chi connectivity index (χ0v) is 19.0. The second-order valence-electron chi connectivity index (χ2n) is 9.62. The second-order valence-corrected chi connectivity index (χ2v) is 9.62. The zero-order valence-electron chi connectivity index (χ0n) is 19.0. The Labute approximate surface area is 189 Å². The van der Waals surface area contributed by atoms with Gasteiger partial charge in [-0.25, -0.2) is 4.98 Å². The number of halogens is 3. The maximum atomic E-state index is 12.7. The van der Waals surface area contributed by atoms with Gasteiger partial charge in [-0.3, -0.25) is 0 Å². The van der Waals surface area contributed by atoms with Crippen LogP contribution in [0.4, 0.5) is 24.9 Å². The number of fused-ring (bicyclic) bond motifs is 1. The first kappa shape index (κ1) is 23.3. The van der Waals surface area contributed by atoms with Crippen molar-refractivity contribution in [3.8, 4) is 11.6 Å². The molecule has 1 aliphatic carbocycles. The number of aryl methyl sites for hydroxylation is 1. The molecule has 2 heterocycles. The Kier molecular flexibility index (Phi) is 5.98. The number of rotatable bonds is 5. The summed E-state index contributed by atoms with van der Waals surface area (Å²) in [4.78, 5) is 4.76. The van der Waals surface area contributed by atoms with Crippen LogP contribution in [0.5, 0.6) is 0 Å². The minimum atomic E-state index is -4.31. The summed E-state index contributed by atoms with van der Waals surface area (Å²) in [6.07, 6.45) is -2.27. The third-order valence-corrected chi connectivity index (χ3v) is 5.85. The fraction of sp³-hybridized carbons (Fsp3) is 0.522. The molecule has 10 heteroatoms. The monoisotopic (exact) mass is 463 g/mol. The first-order valence-corrected chi connectivity index (χ1v) is 11.0. The molecule has 2 aromatic heterocycles. The average molecular weight is 464 g/mol. The predicted molar refractivity (Wildman–Crippen MR) is 120 cm³/mol. The molecule has 178 valence electrons. The maximum absolute atomic E-state index is 12.7. The van der Waals surface area contributed by atoms with Crippen LogP contribution in [-0.2, 0) is 5.41 Å². The van der Waals surface area contributed by atoms with Gasteiger partial charge in [0.15, 0.2) is 0 Å². The number of nitrogens with one attached hydrogen (secondary N) is 2. The van der Waals surface area contributed by atoms with E-state index >= 15 is 0 Å². The number of nitrogens with zero attached hydrogens (tertiary/aromatic N) is 3. The Morgan fingerprint density at radius 1 is 1.12 bits per heavy atom. The van der Waals surface area contributed by atoms with Crippen LogP contribution in [0.15, 0.2) is 22.6 Å². The predicted octanol–water partition coefficient (Wildman–Crippen LogP) is 5.19. The lowest BCUT2D eigenvalue weighted by Gasteiger charge is -2.23. The summed E-state index contributed by atoms with van der Waals surface area (Å²) < 4.78 is 44.0. The number of hydrogen-bond acceptors (Lipinski definition) is 7. The van der Waals surface area contributed by atoms with Gasteiger partial charge in [-0.1, -0.05) is 25.9 Å². The molecule has 0 aliphatic heterocycles. The lowest BCUT2D eigenvalue weighted by molar-refractivity contribution is -0.115. The highest BCUT2D eigenvalue weighted by molar-refractivity contribution is 5.90. The number of alkyl halides is 3. The van der Waals surface area contributed by atoms with Gasteiger partial charge in [0.2, 0.25) is 0 Å². The zero-order chi connectivity index (χ0) is 24.0. The summed E-state index contributed by atoms with van der Waals surface area (Å²) in [5, 5.41) is 24.5. The fourth-order valence-electron chi connectivity index (χ4n) is 4.13. The quantitative estimate of drug-likeness (QED) is 0.479. The lowest BCUT2D eigenvalue weighted by atomic mass is 9.84. The summed E-state index contributed by atoms with van der Waals surface area (Å²) >= 11 is 0. The third-order valence-electron chi connectivity index (χ3n) is 5.85. The Balaban J connectivity index is 1.71. The first-order valence-electron chi connectivity index (χ1n) is 11.0. The minimum absolute atomic E-state index is 0.125. The molecule has 1 unspecified atom stereocenters. The maximum Gasteiger partial charge on any atom is 0.405 e. The van der Waals surface area contributed by atoms with Crippen LogP contribution in [0.1, 0.15) is 51.2 Å². The molecule has 0 saturated heterocycles. The van der Waals surface area contributed by atoms with Gasteiger partial charge in [0, 0.05) is 11.1 Å². The second kappa shape index (κ2) is 8.48. The number of hydrogen-bond donors (Lipinski definition) is 3. The van der Waals surface area contributed by atoms with Gasteiger partial charge in [-0.2, -0.15) is 13.2 Å². The van der Waals surface area contributed by atoms with E-state index in [-0.39, 0.29) is 23.4 Å². The molecule has 7 nitrogen and oxygen atoms in total. The summed E-state index contributed by atoms with van der Waals surface area (Å²) in [5.41, 5.74) is 2.81. The number of aromatic nitrogens is 3. The average Bonchev–Trinajstić information content (AvgIpc) is 3.34. The standard InChI is InChI=1S/C23H28F3N5O2/c1-12-8-17(20-30-31-21(33-20)29-16-6-5-7-18(16)32)28-19-14(12)9-13(27-11-23(24,25)26)10-15(19)22(2,3)4/h8-10,16,18,27,32H,5-7,11H2,1-4H3,(H,29,31)/t16-,18?/m0/s1. The number of benzene rings is 1. The third kappa shape index (κ3) is 5.21. The van der Waals surface area contributed by atoms with Crippen molar-refractivity contribution in [2.75, 3.05) is 17.2 Å². The van der Waals surface area contributed by atoms with Crippen molar-refractivity contribution in [2.45, 2.75) is 70.7 Å². The van der Waals surface area contributed by atoms with E-state index in [0.717, 1.165) is 35.8 Å². The van der Waals surface area contributed by atoms with Crippen LogP contribution in [0.2, 0.25) is 0 Å². The van der Waals surface area contributed by atoms with Crippen molar-refractivity contribution in [1.82, 2.24) is 15.2 Å². The van der Waals surface area contributed by atoms with E-state index in [1.54, 1.807) is 18.2 Å². The van der Waals surface area contributed by atoms with Crippen LogP contribution >= 0.6 is 0 Å². The van der Waals surface area contributed by atoms with E-state index in [2.05, 4.69) is 20.8 Å². The molecule has 0 radical (unpaired) electrons. The molecule has 33 heavy (non-hydrogen) atoms. The van der Waals surface area contributed by atoms with Gasteiger partial charge < -0.3 is 20.2 Å². The van der Waals surface area contributed by atoms with Crippen molar-refractivity contribution in [2.24, 2.45) is 0 Å². The smallest absolute Gasteiger partial charge is 0.402 e. The number of anilines is 2. The summed E-state index contributed by atoms with van der Waals surface area (Å²) in [5.74, 6) is 0.231. The molecule has 0 spiro atoms. The number of aliphatic hydroxyl groups is 1. The van der Waals surface area contributed by atoms with Gasteiger partial charge >= 0.3 is 12.2 Å². The van der Waals surface area contributed by atoms with Crippen LogP contribution in [0.3, 0.4) is 0 Å². The van der Waals surface area contributed by atoms with Gasteiger partial charge in [-0.05, 0) is 60.9 Å². The molecule has 1 aromatic carbocycles. The summed E-state index contributed by atoms with van der Waals surface area (Å²) in [6, 6.07) is 5.28. The van der Waals surface area contributed by atoms with Crippen LogP contribution < -0.4 is 10.6 Å². The van der Waals surface area contributed by atoms with E-state index in [0.29, 0.717) is 16.9 Å². The Bertz CT molecular complexity index is 1150. The molecule has 1 fully saturated rings. The molecule has 3 aromatic rings. The molecule has 4 rings (SSSR count). The van der Waals surface area contributed by atoms with Crippen molar-refractivity contribution < 1.29 is 22.7 Å². The minimum Gasteiger partial charge on any atom is -0.402 e. The van der Waals surface area contributed by atoms with Crippen molar-refractivity contribution in [3.63, 3.8) is 0 Å². The first-order chi connectivity index (χ1) is 15.4. The van der Waals surface area contributed by atoms with E-state index in [4.69, 9.17) is 9.40 Å². The van der Waals surface area contributed by atoms with Crippen molar-refractivity contribution in [1.29, 1.82) is 0 Å². The number of pyridine rings is 1. The summed E-state index contributed by atoms with van der Waals surface area (Å²) in [6.45, 7) is 6.72. The molecule has 1 saturated carbocycles. The van der Waals surface area contributed by atoms with E-state index in [1.165, 1.54) is 0 Å². The van der Waals surface area contributed by atoms with E-state index in [9.17, 15) is 18.3 Å². The molecule has 0 bridgehead atoms. The highest BCUT2D eigenvalue weighted by atomic mass is 19.4. The molecule has 1 aliphatic rings. The molecule has 3 N–H and O–H groups in total. The molecular weight excluding hydrogens is 435 g/mol. The van der Waals surface area contributed by atoms with Gasteiger partial charge in [-0.15, -0.1) is 5.10 Å². The SMILES string of the molecule is Cc1cc(-c2nnc(N[C@H]3CCCC3O)o2)nc2c(C(C)(C)C)cc(NCC(F)(F)F)cc12. The molecule has 2 atom stereocenters. The molecule has 0 amide bonds. The Morgan fingerprint density at radius 3 is 2.52 bits per heavy atom. The summed E-state index contributed by atoms with van der Waals surface area (Å²) in [7, 11) is 0. The van der Waals surface area contributed by atoms with Crippen LogP contribution in [-0.4, -0.2) is 45.2 Å². The lowest BCUT2D eigenvalue weighted by Crippen LogP contribution is -2.27. The van der Waals surface area contributed by atoms with E-state index in [1.807, 2.05) is 27.7 Å². The van der Waals surface area contributed by atoms with Gasteiger partial charge in [0.05, 0.1) is 17.7 Å². The largest absolute Gasteiger partial charge is 0.405 e.